The van der Waals surface area contributed by atoms with Crippen molar-refractivity contribution in [3.8, 4) is 0 Å². The van der Waals surface area contributed by atoms with E-state index >= 15 is 0 Å². The predicted octanol–water partition coefficient (Wildman–Crippen LogP) is 3.60. The molecule has 1 saturated heterocycles. The average molecular weight is 367 g/mol. The van der Waals surface area contributed by atoms with Crippen LogP contribution in [0.1, 0.15) is 60.0 Å². The van der Waals surface area contributed by atoms with Gasteiger partial charge >= 0.3 is 0 Å². The smallest absolute Gasteiger partial charge is 0.254 e. The molecule has 1 saturated carbocycles. The minimum Gasteiger partial charge on any atom is -0.331 e. The molecule has 1 aromatic carbocycles. The SMILES string of the molecule is Cn1cc(CN(C(=O)c2ccc(CN3CCCCCC3)cc2)C2CC2)cn1. The zero-order chi connectivity index (χ0) is 18.6. The molecule has 1 aliphatic carbocycles. The van der Waals surface area contributed by atoms with E-state index in [1.165, 1.54) is 44.3 Å². The zero-order valence-electron chi connectivity index (χ0n) is 16.3. The van der Waals surface area contributed by atoms with Gasteiger partial charge in [0, 0.05) is 43.5 Å². The molecule has 5 nitrogen and oxygen atoms in total. The monoisotopic (exact) mass is 366 g/mol. The Morgan fingerprint density at radius 1 is 1.07 bits per heavy atom. The van der Waals surface area contributed by atoms with Crippen LogP contribution in [0, 0.1) is 0 Å². The van der Waals surface area contributed by atoms with E-state index in [1.54, 1.807) is 4.68 Å². The molecule has 2 fully saturated rings. The predicted molar refractivity (Wildman–Crippen MR) is 106 cm³/mol. The maximum atomic E-state index is 13.1. The Labute approximate surface area is 162 Å². The molecule has 1 aliphatic heterocycles. The lowest BCUT2D eigenvalue weighted by Crippen LogP contribution is -2.32. The number of nitrogens with zero attached hydrogens (tertiary/aromatic N) is 4. The van der Waals surface area contributed by atoms with Crippen LogP contribution in [0.15, 0.2) is 36.7 Å². The first-order valence-corrected chi connectivity index (χ1v) is 10.3. The number of hydrogen-bond donors (Lipinski definition) is 0. The number of benzene rings is 1. The third-order valence-electron chi connectivity index (χ3n) is 5.67. The van der Waals surface area contributed by atoms with E-state index in [9.17, 15) is 4.79 Å². The highest BCUT2D eigenvalue weighted by atomic mass is 16.2. The second-order valence-corrected chi connectivity index (χ2v) is 8.07. The lowest BCUT2D eigenvalue weighted by molar-refractivity contribution is 0.0730. The van der Waals surface area contributed by atoms with E-state index in [0.717, 1.165) is 30.5 Å². The van der Waals surface area contributed by atoms with Crippen molar-refractivity contribution < 1.29 is 4.79 Å². The third kappa shape index (κ3) is 4.78. The maximum absolute atomic E-state index is 13.1. The second kappa shape index (κ2) is 8.26. The number of rotatable bonds is 6. The molecule has 0 N–H and O–H groups in total. The Bertz CT molecular complexity index is 755. The molecule has 144 valence electrons. The topological polar surface area (TPSA) is 41.4 Å². The van der Waals surface area contributed by atoms with Crippen LogP contribution in [0.25, 0.3) is 0 Å². The van der Waals surface area contributed by atoms with E-state index in [2.05, 4.69) is 22.1 Å². The first-order valence-electron chi connectivity index (χ1n) is 10.3. The summed E-state index contributed by atoms with van der Waals surface area (Å²) >= 11 is 0. The molecule has 1 aromatic heterocycles. The summed E-state index contributed by atoms with van der Waals surface area (Å²) in [4.78, 5) is 17.6. The number of likely N-dealkylation sites (tertiary alicyclic amines) is 1. The minimum atomic E-state index is 0.141. The molecule has 2 heterocycles. The lowest BCUT2D eigenvalue weighted by atomic mass is 10.1. The standard InChI is InChI=1S/C22H30N4O/c1-24-15-19(14-23-24)17-26(21-10-11-21)22(27)20-8-6-18(7-9-20)16-25-12-4-2-3-5-13-25/h6-9,14-15,21H,2-5,10-13,16-17H2,1H3. The van der Waals surface area contributed by atoms with Gasteiger partial charge in [0.1, 0.15) is 0 Å². The third-order valence-corrected chi connectivity index (χ3v) is 5.67. The van der Waals surface area contributed by atoms with Crippen LogP contribution in [0.4, 0.5) is 0 Å². The van der Waals surface area contributed by atoms with Crippen LogP contribution in [0.2, 0.25) is 0 Å². The van der Waals surface area contributed by atoms with Crippen molar-refractivity contribution in [1.29, 1.82) is 0 Å². The Kier molecular flexibility index (Phi) is 5.58. The van der Waals surface area contributed by atoms with Crippen molar-refractivity contribution in [1.82, 2.24) is 19.6 Å². The summed E-state index contributed by atoms with van der Waals surface area (Å²) in [5, 5.41) is 4.23. The molecule has 5 heteroatoms. The van der Waals surface area contributed by atoms with Gasteiger partial charge in [-0.15, -0.1) is 0 Å². The van der Waals surface area contributed by atoms with Gasteiger partial charge in [0.2, 0.25) is 0 Å². The summed E-state index contributed by atoms with van der Waals surface area (Å²) < 4.78 is 1.79. The molecule has 1 amide bonds. The van der Waals surface area contributed by atoms with E-state index in [4.69, 9.17) is 0 Å². The number of hydrogen-bond acceptors (Lipinski definition) is 3. The molecule has 2 aliphatic rings. The quantitative estimate of drug-likeness (QED) is 0.784. The summed E-state index contributed by atoms with van der Waals surface area (Å²) in [7, 11) is 1.91. The molecule has 0 spiro atoms. The molecular formula is C22H30N4O. The minimum absolute atomic E-state index is 0.141. The molecule has 0 radical (unpaired) electrons. The highest BCUT2D eigenvalue weighted by Gasteiger charge is 2.33. The Hall–Kier alpha value is -2.14. The van der Waals surface area contributed by atoms with E-state index in [0.29, 0.717) is 12.6 Å². The molecule has 0 unspecified atom stereocenters. The summed E-state index contributed by atoms with van der Waals surface area (Å²) in [5.41, 5.74) is 3.19. The Morgan fingerprint density at radius 3 is 2.37 bits per heavy atom. The number of carbonyl (C=O) groups is 1. The van der Waals surface area contributed by atoms with Gasteiger partial charge < -0.3 is 4.90 Å². The fourth-order valence-electron chi connectivity index (χ4n) is 3.97. The van der Waals surface area contributed by atoms with Crippen molar-refractivity contribution in [3.05, 3.63) is 53.3 Å². The van der Waals surface area contributed by atoms with Crippen molar-refractivity contribution >= 4 is 5.91 Å². The van der Waals surface area contributed by atoms with Crippen LogP contribution in [0.3, 0.4) is 0 Å². The van der Waals surface area contributed by atoms with Crippen LogP contribution in [-0.4, -0.2) is 44.6 Å². The number of aromatic nitrogens is 2. The summed E-state index contributed by atoms with van der Waals surface area (Å²) in [6.07, 6.45) is 11.4. The van der Waals surface area contributed by atoms with Crippen LogP contribution in [-0.2, 0) is 20.1 Å². The van der Waals surface area contributed by atoms with Gasteiger partial charge in [-0.05, 0) is 56.5 Å². The zero-order valence-corrected chi connectivity index (χ0v) is 16.3. The van der Waals surface area contributed by atoms with Gasteiger partial charge in [0.15, 0.2) is 0 Å². The van der Waals surface area contributed by atoms with E-state index in [1.807, 2.05) is 36.5 Å². The Balaban J connectivity index is 1.41. The van der Waals surface area contributed by atoms with Gasteiger partial charge in [-0.3, -0.25) is 14.4 Å². The van der Waals surface area contributed by atoms with Gasteiger partial charge in [0.05, 0.1) is 6.20 Å². The highest BCUT2D eigenvalue weighted by Crippen LogP contribution is 2.30. The van der Waals surface area contributed by atoms with Gasteiger partial charge in [-0.25, -0.2) is 0 Å². The maximum Gasteiger partial charge on any atom is 0.254 e. The van der Waals surface area contributed by atoms with Gasteiger partial charge in [-0.2, -0.15) is 5.10 Å². The fraction of sp³-hybridized carbons (Fsp3) is 0.545. The molecule has 2 aromatic rings. The van der Waals surface area contributed by atoms with E-state index in [-0.39, 0.29) is 5.91 Å². The van der Waals surface area contributed by atoms with Crippen molar-refractivity contribution in [2.24, 2.45) is 7.05 Å². The fourth-order valence-corrected chi connectivity index (χ4v) is 3.97. The van der Waals surface area contributed by atoms with Crippen molar-refractivity contribution in [3.63, 3.8) is 0 Å². The second-order valence-electron chi connectivity index (χ2n) is 8.07. The summed E-state index contributed by atoms with van der Waals surface area (Å²) in [5.74, 6) is 0.141. The lowest BCUT2D eigenvalue weighted by Gasteiger charge is -2.22. The normalized spacial score (nSPS) is 18.3. The average Bonchev–Trinajstić information content (AvgIpc) is 3.47. The van der Waals surface area contributed by atoms with Gasteiger partial charge in [-0.1, -0.05) is 25.0 Å². The largest absolute Gasteiger partial charge is 0.331 e. The van der Waals surface area contributed by atoms with Crippen molar-refractivity contribution in [2.75, 3.05) is 13.1 Å². The number of carbonyl (C=O) groups excluding carboxylic acids is 1. The van der Waals surface area contributed by atoms with Gasteiger partial charge in [0.25, 0.3) is 5.91 Å². The summed E-state index contributed by atoms with van der Waals surface area (Å²) in [6, 6.07) is 8.66. The van der Waals surface area contributed by atoms with E-state index < -0.39 is 0 Å². The van der Waals surface area contributed by atoms with Crippen LogP contribution >= 0.6 is 0 Å². The Morgan fingerprint density at radius 2 is 1.78 bits per heavy atom. The van der Waals surface area contributed by atoms with Crippen LogP contribution < -0.4 is 0 Å². The highest BCUT2D eigenvalue weighted by molar-refractivity contribution is 5.94. The first-order chi connectivity index (χ1) is 13.2. The first kappa shape index (κ1) is 18.2. The molecule has 0 atom stereocenters. The van der Waals surface area contributed by atoms with Crippen molar-refractivity contribution in [2.45, 2.75) is 57.7 Å². The molecule has 27 heavy (non-hydrogen) atoms. The summed E-state index contributed by atoms with van der Waals surface area (Å²) in [6.45, 7) is 4.03. The van der Waals surface area contributed by atoms with Crippen LogP contribution in [0.5, 0.6) is 0 Å². The number of amides is 1. The number of aryl methyl sites for hydroxylation is 1. The molecular weight excluding hydrogens is 336 g/mol. The molecule has 0 bridgehead atoms. The molecule has 4 rings (SSSR count).